The monoisotopic (exact) mass is 318 g/mol. The van der Waals surface area contributed by atoms with Gasteiger partial charge in [-0.15, -0.1) is 16.1 Å². The molecule has 1 N–H and O–H groups in total. The molecule has 2 rings (SSSR count). The molecule has 1 unspecified atom stereocenters. The van der Waals surface area contributed by atoms with Crippen molar-refractivity contribution >= 4 is 22.7 Å². The zero-order valence-electron chi connectivity index (χ0n) is 12.3. The third-order valence-corrected chi connectivity index (χ3v) is 5.51. The van der Waals surface area contributed by atoms with Crippen LogP contribution in [-0.4, -0.2) is 9.30 Å². The first-order valence-electron chi connectivity index (χ1n) is 6.63. The summed E-state index contributed by atoms with van der Waals surface area (Å²) >= 11 is 0.323. The van der Waals surface area contributed by atoms with Crippen LogP contribution in [0, 0.1) is 11.3 Å². The molecule has 0 fully saturated rings. The zero-order valence-corrected chi connectivity index (χ0v) is 13.9. The van der Waals surface area contributed by atoms with Crippen molar-refractivity contribution in [3.05, 3.63) is 57.8 Å². The average molecular weight is 318 g/mol. The van der Waals surface area contributed by atoms with Crippen LogP contribution in [0.2, 0.25) is 0 Å². The maximum Gasteiger partial charge on any atom is 0.136 e. The van der Waals surface area contributed by atoms with Crippen molar-refractivity contribution in [2.75, 3.05) is 0 Å². The van der Waals surface area contributed by atoms with E-state index in [1.54, 1.807) is 0 Å². The standard InChI is InChI=1S/C16H18N2OS2/c1-16(2,3)21(19)18-15(13-7-5-4-6-8-13)14-9-12(10-17)11-20-14/h4-9,11,15,18H,1-3H3/t15?,21-/m0/s1. The number of nitrogens with one attached hydrogen (secondary N) is 1. The van der Waals surface area contributed by atoms with Gasteiger partial charge < -0.3 is 4.55 Å². The maximum atomic E-state index is 12.4. The molecule has 0 bridgehead atoms. The van der Waals surface area contributed by atoms with Crippen molar-refractivity contribution in [2.24, 2.45) is 0 Å². The fraction of sp³-hybridized carbons (Fsp3) is 0.312. The second-order valence-corrected chi connectivity index (χ2v) is 8.63. The van der Waals surface area contributed by atoms with E-state index in [1.165, 1.54) is 11.3 Å². The van der Waals surface area contributed by atoms with E-state index in [2.05, 4.69) is 10.8 Å². The quantitative estimate of drug-likeness (QED) is 0.873. The summed E-state index contributed by atoms with van der Waals surface area (Å²) in [5.74, 6) is 0. The molecule has 0 amide bonds. The molecule has 0 aliphatic carbocycles. The molecule has 0 spiro atoms. The number of hydrogen-bond donors (Lipinski definition) is 1. The summed E-state index contributed by atoms with van der Waals surface area (Å²) in [4.78, 5) is 0.996. The first kappa shape index (κ1) is 16.1. The van der Waals surface area contributed by atoms with Crippen LogP contribution in [0.3, 0.4) is 0 Å². The lowest BCUT2D eigenvalue weighted by molar-refractivity contribution is 0.536. The van der Waals surface area contributed by atoms with Crippen molar-refractivity contribution in [1.82, 2.24) is 4.72 Å². The van der Waals surface area contributed by atoms with Gasteiger partial charge in [-0.25, -0.2) is 0 Å². The van der Waals surface area contributed by atoms with Crippen LogP contribution in [0.5, 0.6) is 0 Å². The molecule has 3 nitrogen and oxygen atoms in total. The van der Waals surface area contributed by atoms with Crippen LogP contribution >= 0.6 is 11.3 Å². The van der Waals surface area contributed by atoms with Gasteiger partial charge in [0, 0.05) is 21.6 Å². The summed E-state index contributed by atoms with van der Waals surface area (Å²) in [6, 6.07) is 13.7. The van der Waals surface area contributed by atoms with E-state index in [4.69, 9.17) is 5.26 Å². The Kier molecular flexibility index (Phi) is 5.07. The lowest BCUT2D eigenvalue weighted by Crippen LogP contribution is -2.41. The Bertz CT molecular complexity index is 626. The lowest BCUT2D eigenvalue weighted by Gasteiger charge is -2.27. The molecule has 0 saturated carbocycles. The Morgan fingerprint density at radius 2 is 1.95 bits per heavy atom. The van der Waals surface area contributed by atoms with E-state index in [-0.39, 0.29) is 10.8 Å². The van der Waals surface area contributed by atoms with Crippen LogP contribution in [0.25, 0.3) is 0 Å². The molecule has 5 heteroatoms. The highest BCUT2D eigenvalue weighted by molar-refractivity contribution is 7.90. The van der Waals surface area contributed by atoms with Crippen LogP contribution in [0.4, 0.5) is 0 Å². The number of nitrogens with zero attached hydrogens (tertiary/aromatic N) is 1. The normalized spacial score (nSPS) is 14.4. The third kappa shape index (κ3) is 4.08. The topological polar surface area (TPSA) is 58.9 Å². The van der Waals surface area contributed by atoms with Gasteiger partial charge in [-0.1, -0.05) is 30.3 Å². The van der Waals surface area contributed by atoms with Gasteiger partial charge in [-0.05, 0) is 32.4 Å². The molecule has 21 heavy (non-hydrogen) atoms. The molecule has 1 aromatic carbocycles. The van der Waals surface area contributed by atoms with Crippen LogP contribution in [0.15, 0.2) is 41.8 Å². The molecule has 0 radical (unpaired) electrons. The summed E-state index contributed by atoms with van der Waals surface area (Å²) in [6.07, 6.45) is 0. The van der Waals surface area contributed by atoms with Crippen molar-refractivity contribution < 1.29 is 4.55 Å². The number of rotatable bonds is 4. The fourth-order valence-electron chi connectivity index (χ4n) is 1.78. The highest BCUT2D eigenvalue weighted by Gasteiger charge is 2.31. The number of nitriles is 1. The second kappa shape index (κ2) is 6.63. The number of hydrogen-bond acceptors (Lipinski definition) is 4. The minimum absolute atomic E-state index is 0.168. The van der Waals surface area contributed by atoms with Crippen LogP contribution in [-0.2, 0) is 11.4 Å². The molecular formula is C16H18N2OS2. The predicted molar refractivity (Wildman–Crippen MR) is 88.4 cm³/mol. The first-order valence-corrected chi connectivity index (χ1v) is 8.66. The Labute approximate surface area is 132 Å². The van der Waals surface area contributed by atoms with Gasteiger partial charge in [0.05, 0.1) is 5.56 Å². The van der Waals surface area contributed by atoms with E-state index in [0.29, 0.717) is 5.56 Å². The maximum absolute atomic E-state index is 12.4. The van der Waals surface area contributed by atoms with Gasteiger partial charge >= 0.3 is 0 Å². The van der Waals surface area contributed by atoms with Crippen molar-refractivity contribution in [3.8, 4) is 6.07 Å². The molecule has 0 aliphatic rings. The summed E-state index contributed by atoms with van der Waals surface area (Å²) < 4.78 is 15.3. The van der Waals surface area contributed by atoms with E-state index in [0.717, 1.165) is 10.4 Å². The minimum Gasteiger partial charge on any atom is -0.598 e. The fourth-order valence-corrected chi connectivity index (χ4v) is 3.60. The van der Waals surface area contributed by atoms with Gasteiger partial charge in [-0.3, -0.25) is 0 Å². The van der Waals surface area contributed by atoms with Gasteiger partial charge in [-0.2, -0.15) is 5.26 Å². The zero-order chi connectivity index (χ0) is 15.5. The van der Waals surface area contributed by atoms with Gasteiger partial charge in [0.25, 0.3) is 0 Å². The van der Waals surface area contributed by atoms with E-state index in [1.807, 2.05) is 62.5 Å². The SMILES string of the molecule is CC(C)(C)[S@+]([O-])NC(c1ccccc1)c1cc(C#N)cs1. The summed E-state index contributed by atoms with van der Waals surface area (Å²) in [5.41, 5.74) is 1.68. The summed E-state index contributed by atoms with van der Waals surface area (Å²) in [5, 5.41) is 10.8. The Balaban J connectivity index is 2.34. The van der Waals surface area contributed by atoms with Gasteiger partial charge in [0.2, 0.25) is 0 Å². The summed E-state index contributed by atoms with van der Waals surface area (Å²) in [7, 11) is 0. The molecule has 110 valence electrons. The number of thiophene rings is 1. The Hall–Kier alpha value is -1.32. The molecule has 2 aromatic rings. The van der Waals surface area contributed by atoms with Crippen molar-refractivity contribution in [2.45, 2.75) is 31.6 Å². The van der Waals surface area contributed by atoms with E-state index >= 15 is 0 Å². The molecule has 1 heterocycles. The second-order valence-electron chi connectivity index (χ2n) is 5.69. The smallest absolute Gasteiger partial charge is 0.136 e. The molecule has 1 aromatic heterocycles. The molecular weight excluding hydrogens is 300 g/mol. The summed E-state index contributed by atoms with van der Waals surface area (Å²) in [6.45, 7) is 5.81. The van der Waals surface area contributed by atoms with E-state index < -0.39 is 11.4 Å². The highest BCUT2D eigenvalue weighted by Crippen LogP contribution is 2.30. The van der Waals surface area contributed by atoms with Crippen LogP contribution in [0.1, 0.15) is 42.8 Å². The van der Waals surface area contributed by atoms with Crippen LogP contribution < -0.4 is 4.72 Å². The van der Waals surface area contributed by atoms with E-state index in [9.17, 15) is 4.55 Å². The van der Waals surface area contributed by atoms with Gasteiger partial charge in [0.1, 0.15) is 16.9 Å². The number of benzene rings is 1. The third-order valence-electron chi connectivity index (χ3n) is 2.95. The van der Waals surface area contributed by atoms with Crippen molar-refractivity contribution in [1.29, 1.82) is 5.26 Å². The first-order chi connectivity index (χ1) is 9.91. The molecule has 0 aliphatic heterocycles. The lowest BCUT2D eigenvalue weighted by atomic mass is 10.1. The Morgan fingerprint density at radius 1 is 1.29 bits per heavy atom. The molecule has 2 atom stereocenters. The Morgan fingerprint density at radius 3 is 2.48 bits per heavy atom. The largest absolute Gasteiger partial charge is 0.598 e. The average Bonchev–Trinajstić information content (AvgIpc) is 2.93. The molecule has 0 saturated heterocycles. The minimum atomic E-state index is -1.19. The highest BCUT2D eigenvalue weighted by atomic mass is 32.2. The van der Waals surface area contributed by atoms with Crippen molar-refractivity contribution in [3.63, 3.8) is 0 Å². The van der Waals surface area contributed by atoms with Gasteiger partial charge in [0.15, 0.2) is 0 Å². The predicted octanol–water partition coefficient (Wildman–Crippen LogP) is 3.76.